The molecule has 5 heteroatoms. The Bertz CT molecular complexity index is 541. The number of aliphatic hydroxyl groups is 1. The summed E-state index contributed by atoms with van der Waals surface area (Å²) in [5.74, 6) is -0.920. The predicted molar refractivity (Wildman–Crippen MR) is 109 cm³/mol. The maximum atomic E-state index is 10.5. The summed E-state index contributed by atoms with van der Waals surface area (Å²) in [6.45, 7) is 2.06. The number of hydrogen-bond acceptors (Lipinski definition) is 4. The quantitative estimate of drug-likeness (QED) is 0.162. The Morgan fingerprint density at radius 1 is 0.926 bits per heavy atom. The van der Waals surface area contributed by atoms with Crippen molar-refractivity contribution in [3.05, 3.63) is 72.9 Å². The first-order valence-electron chi connectivity index (χ1n) is 9.26. The highest BCUT2D eigenvalue weighted by molar-refractivity contribution is 5.66. The molecule has 0 aliphatic rings. The summed E-state index contributed by atoms with van der Waals surface area (Å²) in [4.78, 5) is 14.7. The lowest BCUT2D eigenvalue weighted by molar-refractivity contribution is -0.267. The maximum absolute atomic E-state index is 10.5. The predicted octanol–water partition coefficient (Wildman–Crippen LogP) is 4.99. The van der Waals surface area contributed by atoms with Crippen LogP contribution in [-0.2, 0) is 9.68 Å². The Morgan fingerprint density at radius 2 is 1.56 bits per heavy atom. The summed E-state index contributed by atoms with van der Waals surface area (Å²) in [7, 11) is 0. The molecule has 0 saturated heterocycles. The molecule has 0 fully saturated rings. The lowest BCUT2D eigenvalue weighted by Crippen LogP contribution is -2.09. The Labute approximate surface area is 162 Å². The van der Waals surface area contributed by atoms with Gasteiger partial charge in [-0.25, -0.2) is 4.89 Å². The van der Waals surface area contributed by atoms with Gasteiger partial charge in [0.15, 0.2) is 0 Å². The highest BCUT2D eigenvalue weighted by Crippen LogP contribution is 2.03. The molecule has 0 spiro atoms. The van der Waals surface area contributed by atoms with E-state index in [9.17, 15) is 9.90 Å². The normalized spacial score (nSPS) is 15.4. The maximum Gasteiger partial charge on any atom is 0.303 e. The van der Waals surface area contributed by atoms with E-state index in [1.54, 1.807) is 18.2 Å². The molecular formula is C22H32O5. The molecule has 3 N–H and O–H groups in total. The molecule has 0 heterocycles. The summed E-state index contributed by atoms with van der Waals surface area (Å²) in [6.07, 6.45) is 25.1. The summed E-state index contributed by atoms with van der Waals surface area (Å²) in [5.41, 5.74) is 0. The fraction of sp³-hybridized carbons (Fsp3) is 0.409. The second-order valence-corrected chi connectivity index (χ2v) is 5.83. The fourth-order valence-corrected chi connectivity index (χ4v) is 1.98. The molecular weight excluding hydrogens is 344 g/mol. The zero-order chi connectivity index (χ0) is 20.2. The second-order valence-electron chi connectivity index (χ2n) is 5.83. The third kappa shape index (κ3) is 18.4. The van der Waals surface area contributed by atoms with Crippen LogP contribution in [0.4, 0.5) is 0 Å². The average Bonchev–Trinajstić information content (AvgIpc) is 2.65. The Hall–Kier alpha value is -2.21. The first kappa shape index (κ1) is 24.8. The van der Waals surface area contributed by atoms with Gasteiger partial charge < -0.3 is 10.2 Å². The first-order chi connectivity index (χ1) is 13.1. The van der Waals surface area contributed by atoms with Gasteiger partial charge in [0.25, 0.3) is 0 Å². The van der Waals surface area contributed by atoms with Crippen LogP contribution in [0.1, 0.15) is 45.4 Å². The minimum absolute atomic E-state index is 0.0560. The van der Waals surface area contributed by atoms with Crippen molar-refractivity contribution in [2.75, 3.05) is 0 Å². The summed E-state index contributed by atoms with van der Waals surface area (Å²) in [6, 6.07) is 0. The number of carbonyl (C=O) groups is 1. The molecule has 0 radical (unpaired) electrons. The molecule has 0 bridgehead atoms. The van der Waals surface area contributed by atoms with Gasteiger partial charge in [-0.3, -0.25) is 10.1 Å². The lowest BCUT2D eigenvalue weighted by atomic mass is 10.2. The molecule has 0 rings (SSSR count). The van der Waals surface area contributed by atoms with Gasteiger partial charge in [-0.05, 0) is 32.1 Å². The number of aliphatic hydroxyl groups excluding tert-OH is 1. The van der Waals surface area contributed by atoms with Crippen molar-refractivity contribution in [3.8, 4) is 0 Å². The molecule has 27 heavy (non-hydrogen) atoms. The Kier molecular flexibility index (Phi) is 17.1. The zero-order valence-electron chi connectivity index (χ0n) is 16.0. The van der Waals surface area contributed by atoms with Gasteiger partial charge in [0.2, 0.25) is 0 Å². The van der Waals surface area contributed by atoms with E-state index in [0.717, 1.165) is 19.3 Å². The molecule has 0 unspecified atom stereocenters. The molecule has 0 saturated carbocycles. The van der Waals surface area contributed by atoms with E-state index in [2.05, 4.69) is 11.8 Å². The molecule has 0 aliphatic carbocycles. The first-order valence-corrected chi connectivity index (χ1v) is 9.26. The lowest BCUT2D eigenvalue weighted by Gasteiger charge is -2.05. The fourth-order valence-electron chi connectivity index (χ4n) is 1.98. The minimum atomic E-state index is -0.920. The smallest absolute Gasteiger partial charge is 0.303 e. The number of carboxylic acid groups (broad SMARTS) is 1. The van der Waals surface area contributed by atoms with Gasteiger partial charge >= 0.3 is 5.97 Å². The summed E-state index contributed by atoms with van der Waals surface area (Å²) in [5, 5.41) is 26.9. The van der Waals surface area contributed by atoms with Gasteiger partial charge in [0.05, 0.1) is 6.10 Å². The van der Waals surface area contributed by atoms with Crippen molar-refractivity contribution in [2.24, 2.45) is 0 Å². The molecule has 0 amide bonds. The van der Waals surface area contributed by atoms with Crippen molar-refractivity contribution >= 4 is 5.97 Å². The Morgan fingerprint density at radius 3 is 2.11 bits per heavy atom. The zero-order valence-corrected chi connectivity index (χ0v) is 16.0. The minimum Gasteiger partial charge on any atom is -0.481 e. The number of rotatable bonds is 15. The van der Waals surface area contributed by atoms with E-state index >= 15 is 0 Å². The molecule has 0 aromatic carbocycles. The SMILES string of the molecule is CC/C=C\C[C@H](O)/C=C/C=C\C/C=C\C/C=C\C=C\[C@H](CCC(=O)O)OO. The molecule has 150 valence electrons. The van der Waals surface area contributed by atoms with E-state index in [0.29, 0.717) is 6.42 Å². The third-order valence-electron chi connectivity index (χ3n) is 3.42. The highest BCUT2D eigenvalue weighted by Gasteiger charge is 2.06. The van der Waals surface area contributed by atoms with Gasteiger partial charge in [-0.2, -0.15) is 0 Å². The molecule has 0 aromatic heterocycles. The van der Waals surface area contributed by atoms with Crippen LogP contribution in [0.25, 0.3) is 0 Å². The van der Waals surface area contributed by atoms with Crippen LogP contribution in [0, 0.1) is 0 Å². The molecule has 5 nitrogen and oxygen atoms in total. The van der Waals surface area contributed by atoms with Gasteiger partial charge in [-0.15, -0.1) is 0 Å². The topological polar surface area (TPSA) is 87.0 Å². The van der Waals surface area contributed by atoms with Crippen LogP contribution in [0.3, 0.4) is 0 Å². The largest absolute Gasteiger partial charge is 0.481 e. The third-order valence-corrected chi connectivity index (χ3v) is 3.42. The number of allylic oxidation sites excluding steroid dienone is 9. The van der Waals surface area contributed by atoms with Gasteiger partial charge in [0, 0.05) is 6.42 Å². The van der Waals surface area contributed by atoms with Crippen LogP contribution in [-0.4, -0.2) is 33.6 Å². The monoisotopic (exact) mass is 376 g/mol. The van der Waals surface area contributed by atoms with Crippen LogP contribution >= 0.6 is 0 Å². The standard InChI is InChI=1S/C22H32O5/c1-2-3-12-15-20(23)16-13-10-8-6-4-5-7-9-11-14-17-21(27-26)18-19-22(24)25/h3-5,8-14,16-17,20-21,23,26H,2,6-7,15,18-19H2,1H3,(H,24,25)/b5-4-,10-8-,11-9-,12-3-,16-13+,17-14+/t20-,21+/m0/s1. The van der Waals surface area contributed by atoms with Gasteiger partial charge in [-0.1, -0.05) is 79.8 Å². The molecule has 0 aliphatic heterocycles. The molecule has 2 atom stereocenters. The van der Waals surface area contributed by atoms with E-state index in [1.807, 2.05) is 54.7 Å². The van der Waals surface area contributed by atoms with Crippen molar-refractivity contribution in [1.29, 1.82) is 0 Å². The van der Waals surface area contributed by atoms with Crippen molar-refractivity contribution in [2.45, 2.75) is 57.7 Å². The van der Waals surface area contributed by atoms with E-state index < -0.39 is 18.2 Å². The number of aliphatic carboxylic acids is 1. The summed E-state index contributed by atoms with van der Waals surface area (Å²) < 4.78 is 0. The van der Waals surface area contributed by atoms with E-state index in [1.165, 1.54) is 0 Å². The van der Waals surface area contributed by atoms with Gasteiger partial charge in [0.1, 0.15) is 6.10 Å². The van der Waals surface area contributed by atoms with Crippen LogP contribution < -0.4 is 0 Å². The Balaban J connectivity index is 3.90. The average molecular weight is 376 g/mol. The highest BCUT2D eigenvalue weighted by atomic mass is 17.1. The number of hydrogen-bond donors (Lipinski definition) is 3. The van der Waals surface area contributed by atoms with Crippen LogP contribution in [0.2, 0.25) is 0 Å². The van der Waals surface area contributed by atoms with Crippen molar-refractivity contribution in [1.82, 2.24) is 0 Å². The second kappa shape index (κ2) is 18.6. The van der Waals surface area contributed by atoms with Crippen LogP contribution in [0.15, 0.2) is 72.9 Å². The van der Waals surface area contributed by atoms with E-state index in [-0.39, 0.29) is 12.8 Å². The van der Waals surface area contributed by atoms with Crippen molar-refractivity contribution in [3.63, 3.8) is 0 Å². The number of carboxylic acids is 1. The summed E-state index contributed by atoms with van der Waals surface area (Å²) >= 11 is 0. The van der Waals surface area contributed by atoms with E-state index in [4.69, 9.17) is 10.4 Å². The van der Waals surface area contributed by atoms with Crippen LogP contribution in [0.5, 0.6) is 0 Å². The molecule has 0 aromatic rings. The van der Waals surface area contributed by atoms with Crippen molar-refractivity contribution < 1.29 is 25.2 Å².